The lowest BCUT2D eigenvalue weighted by atomic mass is 10.0. The fourth-order valence-corrected chi connectivity index (χ4v) is 8.77. The van der Waals surface area contributed by atoms with Gasteiger partial charge >= 0.3 is 23.9 Å². The zero-order valence-corrected chi connectivity index (χ0v) is 43.3. The predicted octanol–water partition coefficient (Wildman–Crippen LogP) is 17.4. The summed E-state index contributed by atoms with van der Waals surface area (Å²) < 4.78 is 52.6. The highest BCUT2D eigenvalue weighted by Crippen LogP contribution is 2.33. The number of ether oxygens (including phenoxy) is 4. The van der Waals surface area contributed by atoms with E-state index >= 15 is 4.39 Å². The maximum absolute atomic E-state index is 15.8. The third kappa shape index (κ3) is 18.5. The topological polar surface area (TPSA) is 105 Å². The molecule has 10 heteroatoms. The van der Waals surface area contributed by atoms with Gasteiger partial charge in [-0.3, -0.25) is 0 Å². The van der Waals surface area contributed by atoms with Crippen molar-refractivity contribution < 1.29 is 46.9 Å². The largest absolute Gasteiger partial charge is 0.423 e. The fraction of sp³-hybridized carbons (Fsp3) is 0.375. The zero-order valence-electron chi connectivity index (χ0n) is 43.3. The van der Waals surface area contributed by atoms with Crippen molar-refractivity contribution in [3.8, 4) is 34.1 Å². The highest BCUT2D eigenvalue weighted by Gasteiger charge is 2.21. The molecule has 0 saturated carbocycles. The van der Waals surface area contributed by atoms with Crippen molar-refractivity contribution in [1.29, 1.82) is 0 Å². The van der Waals surface area contributed by atoms with Crippen molar-refractivity contribution in [2.75, 3.05) is 0 Å². The lowest BCUT2D eigenvalue weighted by Gasteiger charge is -2.12. The molecule has 6 aromatic carbocycles. The average molecular weight is 1010 g/mol. The van der Waals surface area contributed by atoms with Gasteiger partial charge in [-0.15, -0.1) is 0 Å². The van der Waals surface area contributed by atoms with Crippen LogP contribution in [0, 0.1) is 11.6 Å². The number of hydrogen-bond donors (Lipinski definition) is 0. The van der Waals surface area contributed by atoms with E-state index in [0.717, 1.165) is 37.3 Å². The summed E-state index contributed by atoms with van der Waals surface area (Å²) in [5.41, 5.74) is 3.56. The summed E-state index contributed by atoms with van der Waals surface area (Å²) in [5, 5.41) is 0. The Morgan fingerprint density at radius 1 is 0.338 bits per heavy atom. The molecular formula is C64H72F2O8. The number of halogens is 2. The van der Waals surface area contributed by atoms with E-state index in [-0.39, 0.29) is 33.9 Å². The predicted molar refractivity (Wildman–Crippen MR) is 288 cm³/mol. The maximum atomic E-state index is 15.8. The summed E-state index contributed by atoms with van der Waals surface area (Å²) in [4.78, 5) is 51.8. The Bertz CT molecular complexity index is 2660. The normalized spacial score (nSPS) is 11.0. The molecule has 74 heavy (non-hydrogen) atoms. The van der Waals surface area contributed by atoms with Crippen LogP contribution in [0.4, 0.5) is 8.78 Å². The smallest absolute Gasteiger partial charge is 0.343 e. The van der Waals surface area contributed by atoms with Crippen LogP contribution in [-0.4, -0.2) is 23.9 Å². The standard InChI is InChI=1S/C64H72F2O8/c1-3-5-7-9-11-13-15-17-19-21-23-47-25-29-50(30-26-47)61(67)72-55-41-35-52(36-42-55)63(69)71-54-39-33-49(34-40-54)57-45-46-58(65)60(59(57)66)74-64(70)53-37-43-56(44-38-53)73-62(68)51-31-27-48(28-32-51)24-22-20-18-16-14-12-10-8-6-4-2/h25-46H,3-24H2,1-2H3. The van der Waals surface area contributed by atoms with Crippen molar-refractivity contribution >= 4 is 23.9 Å². The van der Waals surface area contributed by atoms with Gasteiger partial charge in [0.25, 0.3) is 0 Å². The molecule has 0 spiro atoms. The number of benzene rings is 6. The molecular weight excluding hydrogens is 935 g/mol. The van der Waals surface area contributed by atoms with E-state index in [4.69, 9.17) is 18.9 Å². The maximum Gasteiger partial charge on any atom is 0.343 e. The fourth-order valence-electron chi connectivity index (χ4n) is 8.77. The summed E-state index contributed by atoms with van der Waals surface area (Å²) in [6.07, 6.45) is 27.5. The highest BCUT2D eigenvalue weighted by molar-refractivity contribution is 5.94. The van der Waals surface area contributed by atoms with Crippen molar-refractivity contribution in [1.82, 2.24) is 0 Å². The first-order valence-electron chi connectivity index (χ1n) is 27.0. The number of esters is 4. The Kier molecular flexibility index (Phi) is 23.6. The SMILES string of the molecule is CCCCCCCCCCCCc1ccc(C(=O)Oc2ccc(C(=O)Oc3ccc(-c4ccc(F)c(OC(=O)c5ccc(OC(=O)c6ccc(CCCCCCCCCCCC)cc6)cc5)c4F)cc3)cc2)cc1. The van der Waals surface area contributed by atoms with Gasteiger partial charge in [0, 0.05) is 5.56 Å². The molecule has 0 fully saturated rings. The second-order valence-electron chi connectivity index (χ2n) is 19.1. The summed E-state index contributed by atoms with van der Waals surface area (Å²) in [5.74, 6) is -5.27. The number of unbranched alkanes of at least 4 members (excludes halogenated alkanes) is 18. The number of hydrogen-bond acceptors (Lipinski definition) is 8. The molecule has 0 N–H and O–H groups in total. The van der Waals surface area contributed by atoms with Crippen LogP contribution >= 0.6 is 0 Å². The van der Waals surface area contributed by atoms with E-state index < -0.39 is 41.3 Å². The molecule has 0 aliphatic carbocycles. The molecule has 0 bridgehead atoms. The van der Waals surface area contributed by atoms with Gasteiger partial charge in [-0.05, 0) is 139 Å². The van der Waals surface area contributed by atoms with Crippen molar-refractivity contribution in [3.05, 3.63) is 178 Å². The highest BCUT2D eigenvalue weighted by atomic mass is 19.1. The first-order valence-corrected chi connectivity index (χ1v) is 27.0. The molecule has 0 amide bonds. The molecule has 0 unspecified atom stereocenters. The third-order valence-electron chi connectivity index (χ3n) is 13.2. The van der Waals surface area contributed by atoms with Crippen molar-refractivity contribution in [2.45, 2.75) is 155 Å². The molecule has 0 aromatic heterocycles. The van der Waals surface area contributed by atoms with E-state index in [1.54, 1.807) is 24.3 Å². The van der Waals surface area contributed by atoms with Crippen molar-refractivity contribution in [3.63, 3.8) is 0 Å². The molecule has 0 saturated heterocycles. The van der Waals surface area contributed by atoms with Crippen LogP contribution in [0.3, 0.4) is 0 Å². The third-order valence-corrected chi connectivity index (χ3v) is 13.2. The van der Waals surface area contributed by atoms with Crippen LogP contribution < -0.4 is 18.9 Å². The van der Waals surface area contributed by atoms with Gasteiger partial charge in [0.1, 0.15) is 17.2 Å². The van der Waals surface area contributed by atoms with E-state index in [1.807, 2.05) is 24.3 Å². The van der Waals surface area contributed by atoms with E-state index in [9.17, 15) is 23.6 Å². The minimum Gasteiger partial charge on any atom is -0.423 e. The summed E-state index contributed by atoms with van der Waals surface area (Å²) in [6.45, 7) is 4.48. The van der Waals surface area contributed by atoms with Crippen molar-refractivity contribution in [2.24, 2.45) is 0 Å². The molecule has 390 valence electrons. The quantitative estimate of drug-likeness (QED) is 0.0241. The number of carbonyl (C=O) groups excluding carboxylic acids is 4. The Morgan fingerprint density at radius 2 is 0.635 bits per heavy atom. The number of carbonyl (C=O) groups is 4. The Balaban J connectivity index is 0.918. The van der Waals surface area contributed by atoms with Gasteiger partial charge in [0.05, 0.1) is 22.3 Å². The molecule has 6 aromatic rings. The van der Waals surface area contributed by atoms with Gasteiger partial charge in [-0.2, -0.15) is 0 Å². The van der Waals surface area contributed by atoms with E-state index in [1.165, 1.54) is 200 Å². The summed E-state index contributed by atoms with van der Waals surface area (Å²) in [7, 11) is 0. The van der Waals surface area contributed by atoms with Crippen LogP contribution in [-0.2, 0) is 12.8 Å². The Morgan fingerprint density at radius 3 is 0.986 bits per heavy atom. The van der Waals surface area contributed by atoms with E-state index in [2.05, 4.69) is 13.8 Å². The van der Waals surface area contributed by atoms with Gasteiger partial charge in [0.15, 0.2) is 11.6 Å². The lowest BCUT2D eigenvalue weighted by molar-refractivity contribution is 0.0713. The van der Waals surface area contributed by atoms with Crippen LogP contribution in [0.2, 0.25) is 0 Å². The van der Waals surface area contributed by atoms with Gasteiger partial charge in [-0.25, -0.2) is 28.0 Å². The number of rotatable bonds is 31. The van der Waals surface area contributed by atoms with Crippen LogP contribution in [0.15, 0.2) is 133 Å². The molecule has 0 atom stereocenters. The lowest BCUT2D eigenvalue weighted by Crippen LogP contribution is -2.12. The Labute approximate surface area is 436 Å². The van der Waals surface area contributed by atoms with Gasteiger partial charge in [0.2, 0.25) is 5.75 Å². The van der Waals surface area contributed by atoms with Gasteiger partial charge in [-0.1, -0.05) is 166 Å². The summed E-state index contributed by atoms with van der Waals surface area (Å²) in [6, 6.07) is 34.3. The first kappa shape index (κ1) is 56.4. The molecule has 0 radical (unpaired) electrons. The molecule has 6 rings (SSSR count). The monoisotopic (exact) mass is 1010 g/mol. The van der Waals surface area contributed by atoms with Crippen LogP contribution in [0.1, 0.15) is 195 Å². The summed E-state index contributed by atoms with van der Waals surface area (Å²) >= 11 is 0. The number of aryl methyl sites for hydroxylation is 2. The molecule has 0 aliphatic heterocycles. The molecule has 8 nitrogen and oxygen atoms in total. The van der Waals surface area contributed by atoms with Gasteiger partial charge < -0.3 is 18.9 Å². The van der Waals surface area contributed by atoms with Crippen LogP contribution in [0.25, 0.3) is 11.1 Å². The Hall–Kier alpha value is -6.94. The first-order chi connectivity index (χ1) is 36.1. The van der Waals surface area contributed by atoms with E-state index in [0.29, 0.717) is 16.7 Å². The second-order valence-corrected chi connectivity index (χ2v) is 19.1. The minimum atomic E-state index is -1.11. The van der Waals surface area contributed by atoms with Crippen LogP contribution in [0.5, 0.6) is 23.0 Å². The zero-order chi connectivity index (χ0) is 52.3. The minimum absolute atomic E-state index is 0.0256. The average Bonchev–Trinajstić information content (AvgIpc) is 3.42. The molecule has 0 aliphatic rings. The second kappa shape index (κ2) is 30.9. The molecule has 0 heterocycles.